The second kappa shape index (κ2) is 9.52. The van der Waals surface area contributed by atoms with Crippen molar-refractivity contribution in [1.29, 1.82) is 0 Å². The molecule has 8 nitrogen and oxygen atoms in total. The van der Waals surface area contributed by atoms with E-state index in [4.69, 9.17) is 0 Å². The Hall–Kier alpha value is -1.75. The molecule has 136 valence electrons. The third kappa shape index (κ3) is 10.9. The molecule has 0 heterocycles. The quantitative estimate of drug-likeness (QED) is 0.542. The summed E-state index contributed by atoms with van der Waals surface area (Å²) in [6.07, 6.45) is 2.53. The first-order valence-corrected chi connectivity index (χ1v) is 10.0. The predicted molar refractivity (Wildman–Crippen MR) is 86.4 cm³/mol. The molecule has 0 aliphatic carbocycles. The molecule has 10 heteroatoms. The number of aryl methyl sites for hydroxylation is 1. The molecule has 0 bridgehead atoms. The van der Waals surface area contributed by atoms with Gasteiger partial charge < -0.3 is 15.0 Å². The van der Waals surface area contributed by atoms with Gasteiger partial charge in [0, 0.05) is 11.7 Å². The van der Waals surface area contributed by atoms with E-state index in [-0.39, 0.29) is 17.4 Å². The summed E-state index contributed by atoms with van der Waals surface area (Å²) in [5.41, 5.74) is 4.51. The Labute approximate surface area is 142 Å². The van der Waals surface area contributed by atoms with Crippen LogP contribution in [0.5, 0.6) is 0 Å². The monoisotopic (exact) mass is 379 g/mol. The van der Waals surface area contributed by atoms with Crippen molar-refractivity contribution in [2.24, 2.45) is 0 Å². The molecule has 0 radical (unpaired) electrons. The fraction of sp³-hybridized carbons (Fsp3) is 0.357. The van der Waals surface area contributed by atoms with Crippen LogP contribution in [0.2, 0.25) is 0 Å². The van der Waals surface area contributed by atoms with Crippen LogP contribution in [0.15, 0.2) is 40.6 Å². The van der Waals surface area contributed by atoms with Crippen molar-refractivity contribution in [1.82, 2.24) is 0 Å². The van der Waals surface area contributed by atoms with Crippen LogP contribution >= 0.6 is 0 Å². The van der Waals surface area contributed by atoms with E-state index < -0.39 is 25.9 Å². The minimum Gasteiger partial charge on any atom is -0.744 e. The van der Waals surface area contributed by atoms with Crippen molar-refractivity contribution in [2.75, 3.05) is 13.4 Å². The molecule has 0 aliphatic heterocycles. The van der Waals surface area contributed by atoms with Crippen LogP contribution in [-0.2, 0) is 29.5 Å². The molecule has 0 amide bonds. The van der Waals surface area contributed by atoms with Crippen LogP contribution in [0.1, 0.15) is 12.0 Å². The van der Waals surface area contributed by atoms with E-state index in [1.807, 2.05) is 6.92 Å². The maximum Gasteiger partial charge on any atom is 0.311 e. The van der Waals surface area contributed by atoms with E-state index in [2.05, 4.69) is 10.5 Å². The van der Waals surface area contributed by atoms with Crippen molar-refractivity contribution >= 4 is 25.9 Å². The number of benzene rings is 1. The number of carbonyl (C=O) groups is 1. The lowest BCUT2D eigenvalue weighted by molar-refractivity contribution is -0.402. The molecule has 0 aromatic heterocycles. The summed E-state index contributed by atoms with van der Waals surface area (Å²) < 4.78 is 56.9. The number of ether oxygens (including phenoxy) is 1. The number of carbonyl (C=O) groups excluding carboxylic acids is 1. The summed E-state index contributed by atoms with van der Waals surface area (Å²) >= 11 is 0. The van der Waals surface area contributed by atoms with Crippen molar-refractivity contribution in [3.05, 3.63) is 41.3 Å². The van der Waals surface area contributed by atoms with Crippen molar-refractivity contribution < 1.29 is 36.7 Å². The number of sulfone groups is 1. The smallest absolute Gasteiger partial charge is 0.311 e. The van der Waals surface area contributed by atoms with E-state index in [9.17, 15) is 26.2 Å². The Balaban J connectivity index is 0.000000446. The lowest BCUT2D eigenvalue weighted by Crippen LogP contribution is -2.60. The number of esters is 1. The second-order valence-corrected chi connectivity index (χ2v) is 8.28. The first kappa shape index (κ1) is 22.2. The second-order valence-electron chi connectivity index (χ2n) is 4.97. The third-order valence-corrected chi connectivity index (χ3v) is 4.07. The highest BCUT2D eigenvalue weighted by molar-refractivity contribution is 7.93. The third-order valence-electron chi connectivity index (χ3n) is 2.56. The van der Waals surface area contributed by atoms with Gasteiger partial charge in [0.15, 0.2) is 9.84 Å². The molecule has 0 unspecified atom stereocenters. The fourth-order valence-corrected chi connectivity index (χ4v) is 2.30. The topological polar surface area (TPSA) is 145 Å². The highest BCUT2D eigenvalue weighted by Crippen LogP contribution is 2.08. The average molecular weight is 379 g/mol. The average Bonchev–Trinajstić information content (AvgIpc) is 2.44. The van der Waals surface area contributed by atoms with E-state index in [1.54, 1.807) is 12.1 Å². The molecular weight excluding hydrogens is 358 g/mol. The molecule has 1 aromatic carbocycles. The minimum absolute atomic E-state index is 0.0858. The van der Waals surface area contributed by atoms with Crippen molar-refractivity contribution in [3.8, 4) is 0 Å². The van der Waals surface area contributed by atoms with Crippen molar-refractivity contribution in [3.63, 3.8) is 0 Å². The molecule has 24 heavy (non-hydrogen) atoms. The predicted octanol–water partition coefficient (Wildman–Crippen LogP) is -0.383. The molecule has 3 N–H and O–H groups in total. The van der Waals surface area contributed by atoms with Gasteiger partial charge in [0.05, 0.1) is 12.0 Å². The maximum atomic E-state index is 10.7. The Morgan fingerprint density at radius 1 is 1.25 bits per heavy atom. The lowest BCUT2D eigenvalue weighted by Gasteiger charge is -2.05. The summed E-state index contributed by atoms with van der Waals surface area (Å²) in [6, 6.07) is 5.41. The van der Waals surface area contributed by atoms with Gasteiger partial charge >= 0.3 is 5.97 Å². The van der Waals surface area contributed by atoms with Gasteiger partial charge in [-0.3, -0.25) is 4.79 Å². The summed E-state index contributed by atoms with van der Waals surface area (Å²) in [5, 5.41) is 1.04. The largest absolute Gasteiger partial charge is 0.744 e. The normalized spacial score (nSPS) is 13.0. The zero-order chi connectivity index (χ0) is 19.0. The Bertz CT molecular complexity index is 766. The van der Waals surface area contributed by atoms with Gasteiger partial charge in [0.1, 0.15) is 22.6 Å². The first-order chi connectivity index (χ1) is 10.8. The zero-order valence-corrected chi connectivity index (χ0v) is 15.3. The van der Waals surface area contributed by atoms with E-state index in [1.165, 1.54) is 25.3 Å². The number of hydrogen-bond acceptors (Lipinski definition) is 7. The number of methoxy groups -OCH3 is 1. The van der Waals surface area contributed by atoms with E-state index in [0.717, 1.165) is 17.2 Å². The molecule has 0 spiro atoms. The molecule has 0 saturated carbocycles. The minimum atomic E-state index is -4.27. The molecule has 0 aliphatic rings. The Morgan fingerprint density at radius 2 is 1.75 bits per heavy atom. The van der Waals surface area contributed by atoms with Crippen LogP contribution in [0.3, 0.4) is 0 Å². The number of hydrogen-bond donors (Lipinski definition) is 1. The van der Waals surface area contributed by atoms with E-state index >= 15 is 0 Å². The van der Waals surface area contributed by atoms with Gasteiger partial charge in [-0.2, -0.15) is 0 Å². The number of quaternary nitrogens is 1. The molecular formula is C14H21NO7S2. The molecule has 1 rings (SSSR count). The maximum absolute atomic E-state index is 10.7. The van der Waals surface area contributed by atoms with Gasteiger partial charge in [-0.25, -0.2) is 16.8 Å². The molecule has 0 fully saturated rings. The Kier molecular flexibility index (Phi) is 8.83. The summed E-state index contributed by atoms with van der Waals surface area (Å²) in [4.78, 5) is 10.5. The summed E-state index contributed by atoms with van der Waals surface area (Å²) in [6.45, 7) is 1.82. The van der Waals surface area contributed by atoms with Crippen LogP contribution in [0.4, 0.5) is 0 Å². The van der Waals surface area contributed by atoms with Gasteiger partial charge in [-0.1, -0.05) is 17.7 Å². The molecule has 1 atom stereocenters. The van der Waals surface area contributed by atoms with Gasteiger partial charge in [-0.05, 0) is 25.1 Å². The Morgan fingerprint density at radius 3 is 2.12 bits per heavy atom. The first-order valence-electron chi connectivity index (χ1n) is 6.66. The number of rotatable bonds is 5. The summed E-state index contributed by atoms with van der Waals surface area (Å²) in [5.74, 6) is -0.404. The molecule has 0 saturated heterocycles. The van der Waals surface area contributed by atoms with Gasteiger partial charge in [-0.15, -0.1) is 0 Å². The van der Waals surface area contributed by atoms with Crippen LogP contribution in [0.25, 0.3) is 0 Å². The highest BCUT2D eigenvalue weighted by atomic mass is 32.2. The zero-order valence-electron chi connectivity index (χ0n) is 13.6. The molecule has 1 aromatic rings. The lowest BCUT2D eigenvalue weighted by atomic mass is 10.2. The van der Waals surface area contributed by atoms with E-state index in [0.29, 0.717) is 0 Å². The van der Waals surface area contributed by atoms with Gasteiger partial charge in [0.2, 0.25) is 0 Å². The standard InChI is InChI=1S/C7H13NO4S.C7H8O3S/c1-12-7(9)5-6(8)3-4-13(2,10)11;1-6-2-4-7(5-3-6)11(8,9)10/h3-4,6H,5,8H2,1-2H3;2-5H,1H3,(H,8,9,10)/b4-3+;/t6-;/m1./s1. The highest BCUT2D eigenvalue weighted by Gasteiger charge is 2.09. The van der Waals surface area contributed by atoms with Crippen LogP contribution < -0.4 is 5.73 Å². The van der Waals surface area contributed by atoms with Gasteiger partial charge in [0.25, 0.3) is 0 Å². The van der Waals surface area contributed by atoms with Crippen molar-refractivity contribution in [2.45, 2.75) is 24.3 Å². The summed E-state index contributed by atoms with van der Waals surface area (Å²) in [7, 11) is -6.13. The van der Waals surface area contributed by atoms with Crippen LogP contribution in [-0.4, -0.2) is 46.8 Å². The van der Waals surface area contributed by atoms with Crippen LogP contribution in [0, 0.1) is 6.92 Å². The fourth-order valence-electron chi connectivity index (χ4n) is 1.32. The SMILES string of the molecule is COC(=O)C[C@H]([NH3+])/C=C/S(C)(=O)=O.Cc1ccc(S(=O)(=O)[O-])cc1.